The number of halogens is 3. The molecule has 0 unspecified atom stereocenters. The summed E-state index contributed by atoms with van der Waals surface area (Å²) in [5.74, 6) is 0.0860. The summed E-state index contributed by atoms with van der Waals surface area (Å²) in [5.41, 5.74) is 0. The Labute approximate surface area is 99.9 Å². The van der Waals surface area contributed by atoms with Crippen LogP contribution in [0.25, 0.3) is 0 Å². The number of rotatable bonds is 5. The van der Waals surface area contributed by atoms with Gasteiger partial charge in [0, 0.05) is 0 Å². The Morgan fingerprint density at radius 3 is 2.80 bits per heavy atom. The van der Waals surface area contributed by atoms with Gasteiger partial charge in [-0.1, -0.05) is 6.92 Å². The van der Waals surface area contributed by atoms with E-state index < -0.39 is 6.61 Å². The molecule has 1 heterocycles. The van der Waals surface area contributed by atoms with E-state index in [0.717, 1.165) is 6.42 Å². The SMILES string of the molecule is CCCOc1nc(I)ccc1OC(F)F. The Bertz CT molecular complexity index is 323. The van der Waals surface area contributed by atoms with E-state index in [1.165, 1.54) is 6.07 Å². The number of pyridine rings is 1. The minimum Gasteiger partial charge on any atom is -0.475 e. The van der Waals surface area contributed by atoms with E-state index in [0.29, 0.717) is 10.3 Å². The van der Waals surface area contributed by atoms with Crippen LogP contribution in [0.4, 0.5) is 8.78 Å². The highest BCUT2D eigenvalue weighted by Gasteiger charge is 2.12. The monoisotopic (exact) mass is 329 g/mol. The largest absolute Gasteiger partial charge is 0.475 e. The quantitative estimate of drug-likeness (QED) is 0.615. The van der Waals surface area contributed by atoms with Crippen LogP contribution in [0.5, 0.6) is 11.6 Å². The highest BCUT2D eigenvalue weighted by atomic mass is 127. The van der Waals surface area contributed by atoms with Crippen molar-refractivity contribution >= 4 is 22.6 Å². The second-order valence-corrected chi connectivity index (χ2v) is 3.77. The van der Waals surface area contributed by atoms with E-state index in [1.54, 1.807) is 6.07 Å². The van der Waals surface area contributed by atoms with Crippen LogP contribution in [0.3, 0.4) is 0 Å². The van der Waals surface area contributed by atoms with Crippen molar-refractivity contribution in [3.8, 4) is 11.6 Å². The third-order valence-corrected chi connectivity index (χ3v) is 2.05. The molecule has 0 fully saturated rings. The molecule has 0 bridgehead atoms. The fraction of sp³-hybridized carbons (Fsp3) is 0.444. The van der Waals surface area contributed by atoms with Crippen molar-refractivity contribution in [2.75, 3.05) is 6.61 Å². The number of ether oxygens (including phenoxy) is 2. The first kappa shape index (κ1) is 12.4. The average molecular weight is 329 g/mol. The van der Waals surface area contributed by atoms with E-state index in [1.807, 2.05) is 29.5 Å². The molecule has 15 heavy (non-hydrogen) atoms. The summed E-state index contributed by atoms with van der Waals surface area (Å²) >= 11 is 1.97. The third-order valence-electron chi connectivity index (χ3n) is 1.45. The molecule has 6 heteroatoms. The summed E-state index contributed by atoms with van der Waals surface area (Å²) in [6, 6.07) is 3.00. The minimum absolute atomic E-state index is 0.0288. The zero-order valence-corrected chi connectivity index (χ0v) is 10.2. The van der Waals surface area contributed by atoms with Crippen molar-refractivity contribution in [3.05, 3.63) is 15.8 Å². The molecule has 84 valence electrons. The maximum absolute atomic E-state index is 12.0. The van der Waals surface area contributed by atoms with Crippen LogP contribution in [0.1, 0.15) is 13.3 Å². The zero-order valence-electron chi connectivity index (χ0n) is 8.04. The Morgan fingerprint density at radius 2 is 2.20 bits per heavy atom. The van der Waals surface area contributed by atoms with Crippen LogP contribution in [0, 0.1) is 3.70 Å². The molecule has 3 nitrogen and oxygen atoms in total. The first-order chi connectivity index (χ1) is 7.13. The van der Waals surface area contributed by atoms with Gasteiger partial charge in [-0.15, -0.1) is 0 Å². The Hall–Kier alpha value is -0.660. The van der Waals surface area contributed by atoms with Crippen molar-refractivity contribution in [2.24, 2.45) is 0 Å². The predicted octanol–water partition coefficient (Wildman–Crippen LogP) is 3.08. The first-order valence-electron chi connectivity index (χ1n) is 4.37. The van der Waals surface area contributed by atoms with Gasteiger partial charge >= 0.3 is 6.61 Å². The van der Waals surface area contributed by atoms with E-state index in [2.05, 4.69) is 9.72 Å². The van der Waals surface area contributed by atoms with Crippen LogP contribution >= 0.6 is 22.6 Å². The number of hydrogen-bond acceptors (Lipinski definition) is 3. The summed E-state index contributed by atoms with van der Waals surface area (Å²) in [4.78, 5) is 3.97. The lowest BCUT2D eigenvalue weighted by atomic mass is 10.4. The number of aromatic nitrogens is 1. The molecule has 0 aliphatic heterocycles. The number of nitrogens with zero attached hydrogens (tertiary/aromatic N) is 1. The maximum Gasteiger partial charge on any atom is 0.387 e. The molecule has 0 atom stereocenters. The maximum atomic E-state index is 12.0. The van der Waals surface area contributed by atoms with Crippen LogP contribution in [-0.4, -0.2) is 18.2 Å². The van der Waals surface area contributed by atoms with Gasteiger partial charge in [0.15, 0.2) is 5.75 Å². The summed E-state index contributed by atoms with van der Waals surface area (Å²) in [7, 11) is 0. The van der Waals surface area contributed by atoms with Gasteiger partial charge in [-0.3, -0.25) is 0 Å². The topological polar surface area (TPSA) is 31.4 Å². The van der Waals surface area contributed by atoms with Crippen molar-refractivity contribution in [3.63, 3.8) is 0 Å². The van der Waals surface area contributed by atoms with Crippen LogP contribution in [0.2, 0.25) is 0 Å². The smallest absolute Gasteiger partial charge is 0.387 e. The van der Waals surface area contributed by atoms with E-state index in [-0.39, 0.29) is 11.6 Å². The van der Waals surface area contributed by atoms with Gasteiger partial charge < -0.3 is 9.47 Å². The minimum atomic E-state index is -2.86. The second-order valence-electron chi connectivity index (χ2n) is 2.66. The lowest BCUT2D eigenvalue weighted by Gasteiger charge is -2.10. The lowest BCUT2D eigenvalue weighted by Crippen LogP contribution is -2.06. The molecular formula is C9H10F2INO2. The lowest BCUT2D eigenvalue weighted by molar-refractivity contribution is -0.0519. The fourth-order valence-corrected chi connectivity index (χ4v) is 1.29. The fourth-order valence-electron chi connectivity index (χ4n) is 0.893. The van der Waals surface area contributed by atoms with Crippen LogP contribution in [-0.2, 0) is 0 Å². The molecule has 0 aliphatic rings. The normalized spacial score (nSPS) is 10.5. The molecule has 0 saturated carbocycles. The van der Waals surface area contributed by atoms with Crippen LogP contribution < -0.4 is 9.47 Å². The zero-order chi connectivity index (χ0) is 11.3. The van der Waals surface area contributed by atoms with Crippen molar-refractivity contribution in [1.82, 2.24) is 4.98 Å². The van der Waals surface area contributed by atoms with Gasteiger partial charge in [0.1, 0.15) is 3.70 Å². The van der Waals surface area contributed by atoms with Gasteiger partial charge in [-0.2, -0.15) is 8.78 Å². The summed E-state index contributed by atoms with van der Waals surface area (Å²) < 4.78 is 34.2. The standard InChI is InChI=1S/C9H10F2INO2/c1-2-5-14-8-6(15-9(10)11)3-4-7(12)13-8/h3-4,9H,2,5H2,1H3. The van der Waals surface area contributed by atoms with E-state index in [4.69, 9.17) is 4.74 Å². The molecule has 0 aliphatic carbocycles. The molecule has 0 spiro atoms. The van der Waals surface area contributed by atoms with Gasteiger partial charge in [0.2, 0.25) is 0 Å². The molecular weight excluding hydrogens is 319 g/mol. The third kappa shape index (κ3) is 4.15. The number of alkyl halides is 2. The molecule has 0 radical (unpaired) electrons. The Morgan fingerprint density at radius 1 is 1.47 bits per heavy atom. The van der Waals surface area contributed by atoms with Crippen LogP contribution in [0.15, 0.2) is 12.1 Å². The highest BCUT2D eigenvalue weighted by molar-refractivity contribution is 14.1. The van der Waals surface area contributed by atoms with Crippen molar-refractivity contribution in [2.45, 2.75) is 20.0 Å². The molecule has 1 rings (SSSR count). The highest BCUT2D eigenvalue weighted by Crippen LogP contribution is 2.27. The summed E-state index contributed by atoms with van der Waals surface area (Å²) in [5, 5.41) is 0. The molecule has 0 N–H and O–H groups in total. The van der Waals surface area contributed by atoms with E-state index in [9.17, 15) is 8.78 Å². The number of hydrogen-bond donors (Lipinski definition) is 0. The van der Waals surface area contributed by atoms with Crippen molar-refractivity contribution in [1.29, 1.82) is 0 Å². The van der Waals surface area contributed by atoms with Gasteiger partial charge in [0.05, 0.1) is 6.61 Å². The molecule has 1 aromatic rings. The second kappa shape index (κ2) is 6.04. The molecule has 0 aromatic carbocycles. The van der Waals surface area contributed by atoms with Gasteiger partial charge in [-0.05, 0) is 41.1 Å². The molecule has 0 amide bonds. The van der Waals surface area contributed by atoms with Gasteiger partial charge in [0.25, 0.3) is 5.88 Å². The van der Waals surface area contributed by atoms with E-state index >= 15 is 0 Å². The first-order valence-corrected chi connectivity index (χ1v) is 5.45. The average Bonchev–Trinajstić information content (AvgIpc) is 2.18. The van der Waals surface area contributed by atoms with Crippen molar-refractivity contribution < 1.29 is 18.3 Å². The molecule has 0 saturated heterocycles. The Kier molecular flexibility index (Phi) is 5.00. The van der Waals surface area contributed by atoms with Gasteiger partial charge in [-0.25, -0.2) is 4.98 Å². The predicted molar refractivity (Wildman–Crippen MR) is 59.4 cm³/mol. The summed E-state index contributed by atoms with van der Waals surface area (Å²) in [6.45, 7) is -0.523. The molecule has 1 aromatic heterocycles. The summed E-state index contributed by atoms with van der Waals surface area (Å²) in [6.07, 6.45) is 0.779. The Balaban J connectivity index is 2.82.